The molecule has 0 bridgehead atoms. The summed E-state index contributed by atoms with van der Waals surface area (Å²) in [5.41, 5.74) is 11.8. The molecule has 5 N–H and O–H groups in total. The van der Waals surface area contributed by atoms with Crippen LogP contribution in [0.3, 0.4) is 0 Å². The zero-order valence-corrected chi connectivity index (χ0v) is 9.62. The summed E-state index contributed by atoms with van der Waals surface area (Å²) < 4.78 is 0. The van der Waals surface area contributed by atoms with Crippen LogP contribution in [0.1, 0.15) is 27.2 Å². The van der Waals surface area contributed by atoms with E-state index < -0.39 is 0 Å². The lowest BCUT2D eigenvalue weighted by atomic mass is 10.0. The van der Waals surface area contributed by atoms with Crippen LogP contribution < -0.4 is 16.8 Å². The van der Waals surface area contributed by atoms with Crippen LogP contribution in [-0.2, 0) is 0 Å². The summed E-state index contributed by atoms with van der Waals surface area (Å²) in [5.74, 6) is 1.75. The molecule has 0 amide bonds. The van der Waals surface area contributed by atoms with Crippen molar-refractivity contribution in [1.82, 2.24) is 4.98 Å². The summed E-state index contributed by atoms with van der Waals surface area (Å²) in [5, 5.41) is 3.35. The van der Waals surface area contributed by atoms with Gasteiger partial charge >= 0.3 is 0 Å². The maximum absolute atomic E-state index is 5.64. The molecule has 4 heteroatoms. The predicted molar refractivity (Wildman–Crippen MR) is 65.6 cm³/mol. The molecule has 1 heterocycles. The van der Waals surface area contributed by atoms with Gasteiger partial charge in [-0.15, -0.1) is 0 Å². The molecule has 1 atom stereocenters. The summed E-state index contributed by atoms with van der Waals surface area (Å²) in [7, 11) is 0. The first-order valence-electron chi connectivity index (χ1n) is 5.33. The van der Waals surface area contributed by atoms with Crippen LogP contribution >= 0.6 is 0 Å². The van der Waals surface area contributed by atoms with Crippen molar-refractivity contribution in [1.29, 1.82) is 0 Å². The van der Waals surface area contributed by atoms with Gasteiger partial charge in [0.2, 0.25) is 0 Å². The van der Waals surface area contributed by atoms with E-state index in [1.165, 1.54) is 0 Å². The molecule has 4 nitrogen and oxygen atoms in total. The van der Waals surface area contributed by atoms with Gasteiger partial charge in [0.05, 0.1) is 5.69 Å². The second-order valence-electron chi connectivity index (χ2n) is 4.07. The van der Waals surface area contributed by atoms with Gasteiger partial charge in [-0.25, -0.2) is 4.98 Å². The molecule has 1 aromatic heterocycles. The number of pyridine rings is 1. The van der Waals surface area contributed by atoms with Crippen molar-refractivity contribution < 1.29 is 0 Å². The number of hydrogen-bond donors (Lipinski definition) is 3. The zero-order chi connectivity index (χ0) is 11.4. The third-order valence-corrected chi connectivity index (χ3v) is 2.54. The Labute approximate surface area is 91.1 Å². The van der Waals surface area contributed by atoms with Crippen LogP contribution in [0, 0.1) is 5.92 Å². The second-order valence-corrected chi connectivity index (χ2v) is 4.07. The maximum Gasteiger partial charge on any atom is 0.149 e. The number of aromatic nitrogens is 1. The number of nitrogens with two attached hydrogens (primary N) is 2. The number of hydrogen-bond acceptors (Lipinski definition) is 4. The van der Waals surface area contributed by atoms with Crippen molar-refractivity contribution >= 4 is 17.3 Å². The fourth-order valence-electron chi connectivity index (χ4n) is 1.50. The largest absolute Gasteiger partial charge is 0.396 e. The highest BCUT2D eigenvalue weighted by atomic mass is 15.0. The SMILES string of the molecule is CCC(Nc1ccc(N)c(N)n1)C(C)C. The number of nitrogens with zero attached hydrogens (tertiary/aromatic N) is 1. The number of nitrogens with one attached hydrogen (secondary N) is 1. The molecule has 0 aromatic carbocycles. The monoisotopic (exact) mass is 208 g/mol. The standard InChI is InChI=1S/C11H20N4/c1-4-9(7(2)3)14-10-6-5-8(12)11(13)15-10/h5-7,9H,4,12H2,1-3H3,(H3,13,14,15). The Morgan fingerprint density at radius 1 is 1.33 bits per heavy atom. The van der Waals surface area contributed by atoms with E-state index in [9.17, 15) is 0 Å². The molecule has 84 valence electrons. The summed E-state index contributed by atoms with van der Waals surface area (Å²) in [6.45, 7) is 6.52. The van der Waals surface area contributed by atoms with E-state index in [4.69, 9.17) is 11.5 Å². The molecule has 0 saturated carbocycles. The molecule has 0 aliphatic carbocycles. The molecule has 0 aliphatic rings. The Hall–Kier alpha value is -1.45. The van der Waals surface area contributed by atoms with E-state index in [1.807, 2.05) is 6.07 Å². The maximum atomic E-state index is 5.64. The molecular formula is C11H20N4. The minimum atomic E-state index is 0.388. The lowest BCUT2D eigenvalue weighted by Gasteiger charge is -2.21. The summed E-state index contributed by atoms with van der Waals surface area (Å²) in [6.07, 6.45) is 1.06. The van der Waals surface area contributed by atoms with Gasteiger partial charge in [-0.1, -0.05) is 20.8 Å². The van der Waals surface area contributed by atoms with Gasteiger partial charge in [-0.05, 0) is 24.5 Å². The van der Waals surface area contributed by atoms with Gasteiger partial charge in [0.15, 0.2) is 0 Å². The average molecular weight is 208 g/mol. The Morgan fingerprint density at radius 2 is 2.00 bits per heavy atom. The normalized spacial score (nSPS) is 12.8. The molecule has 1 unspecified atom stereocenters. The van der Waals surface area contributed by atoms with E-state index >= 15 is 0 Å². The minimum absolute atomic E-state index is 0.388. The first-order valence-corrected chi connectivity index (χ1v) is 5.33. The fourth-order valence-corrected chi connectivity index (χ4v) is 1.50. The molecule has 0 saturated heterocycles. The Morgan fingerprint density at radius 3 is 2.47 bits per heavy atom. The third kappa shape index (κ3) is 3.01. The van der Waals surface area contributed by atoms with Crippen molar-refractivity contribution in [2.24, 2.45) is 5.92 Å². The van der Waals surface area contributed by atoms with Gasteiger partial charge in [-0.2, -0.15) is 0 Å². The highest BCUT2D eigenvalue weighted by molar-refractivity contribution is 5.61. The van der Waals surface area contributed by atoms with Crippen LogP contribution in [0.25, 0.3) is 0 Å². The van der Waals surface area contributed by atoms with Crippen molar-refractivity contribution in [3.63, 3.8) is 0 Å². The summed E-state index contributed by atoms with van der Waals surface area (Å²) >= 11 is 0. The van der Waals surface area contributed by atoms with Crippen molar-refractivity contribution in [2.75, 3.05) is 16.8 Å². The van der Waals surface area contributed by atoms with Crippen molar-refractivity contribution in [3.05, 3.63) is 12.1 Å². The van der Waals surface area contributed by atoms with E-state index in [1.54, 1.807) is 6.07 Å². The highest BCUT2D eigenvalue weighted by Crippen LogP contribution is 2.17. The third-order valence-electron chi connectivity index (χ3n) is 2.54. The topological polar surface area (TPSA) is 77.0 Å². The fraction of sp³-hybridized carbons (Fsp3) is 0.545. The van der Waals surface area contributed by atoms with Gasteiger partial charge in [0, 0.05) is 6.04 Å². The number of nitrogen functional groups attached to an aromatic ring is 2. The van der Waals surface area contributed by atoms with Gasteiger partial charge in [-0.3, -0.25) is 0 Å². The second kappa shape index (κ2) is 4.87. The quantitative estimate of drug-likeness (QED) is 0.708. The van der Waals surface area contributed by atoms with Crippen LogP contribution in [0.5, 0.6) is 0 Å². The van der Waals surface area contributed by atoms with Gasteiger partial charge < -0.3 is 16.8 Å². The smallest absolute Gasteiger partial charge is 0.149 e. The highest BCUT2D eigenvalue weighted by Gasteiger charge is 2.11. The van der Waals surface area contributed by atoms with E-state index in [-0.39, 0.29) is 0 Å². The number of rotatable bonds is 4. The Kier molecular flexibility index (Phi) is 3.77. The van der Waals surface area contributed by atoms with E-state index in [0.717, 1.165) is 12.2 Å². The van der Waals surface area contributed by atoms with Crippen LogP contribution in [0.2, 0.25) is 0 Å². The van der Waals surface area contributed by atoms with Crippen LogP contribution in [0.4, 0.5) is 17.3 Å². The Bertz CT molecular complexity index is 322. The molecule has 0 aliphatic heterocycles. The van der Waals surface area contributed by atoms with E-state index in [0.29, 0.717) is 23.5 Å². The lowest BCUT2D eigenvalue weighted by Crippen LogP contribution is -2.25. The molecule has 0 fully saturated rings. The molecule has 0 radical (unpaired) electrons. The molecule has 1 aromatic rings. The lowest BCUT2D eigenvalue weighted by molar-refractivity contribution is 0.510. The minimum Gasteiger partial charge on any atom is -0.396 e. The van der Waals surface area contributed by atoms with Crippen LogP contribution in [-0.4, -0.2) is 11.0 Å². The molecule has 0 spiro atoms. The first-order chi connectivity index (χ1) is 7.04. The van der Waals surface area contributed by atoms with E-state index in [2.05, 4.69) is 31.1 Å². The first kappa shape index (κ1) is 11.6. The Balaban J connectivity index is 2.75. The molecule has 1 rings (SSSR count). The molecular weight excluding hydrogens is 188 g/mol. The van der Waals surface area contributed by atoms with Gasteiger partial charge in [0.1, 0.15) is 11.6 Å². The van der Waals surface area contributed by atoms with Crippen LogP contribution in [0.15, 0.2) is 12.1 Å². The van der Waals surface area contributed by atoms with Crippen molar-refractivity contribution in [2.45, 2.75) is 33.2 Å². The van der Waals surface area contributed by atoms with Gasteiger partial charge in [0.25, 0.3) is 0 Å². The average Bonchev–Trinajstić information content (AvgIpc) is 2.19. The summed E-state index contributed by atoms with van der Waals surface area (Å²) in [6, 6.07) is 4.05. The number of anilines is 3. The molecule has 15 heavy (non-hydrogen) atoms. The van der Waals surface area contributed by atoms with Crippen molar-refractivity contribution in [3.8, 4) is 0 Å². The predicted octanol–water partition coefficient (Wildman–Crippen LogP) is 2.09. The summed E-state index contributed by atoms with van der Waals surface area (Å²) in [4.78, 5) is 4.18. The zero-order valence-electron chi connectivity index (χ0n) is 9.62.